The largest absolute Gasteiger partial charge is 0.387 e. The van der Waals surface area contributed by atoms with Crippen LogP contribution in [-0.2, 0) is 17.8 Å². The molecule has 0 atom stereocenters. The molecular formula is C14H15BrN2O. The van der Waals surface area contributed by atoms with Crippen LogP contribution in [-0.4, -0.2) is 18.6 Å². The molecule has 2 heterocycles. The number of rotatable bonds is 1. The highest BCUT2D eigenvalue weighted by molar-refractivity contribution is 9.10. The lowest BCUT2D eigenvalue weighted by molar-refractivity contribution is 0.110. The van der Waals surface area contributed by atoms with E-state index in [0.29, 0.717) is 6.61 Å². The quantitative estimate of drug-likeness (QED) is 0.876. The molecular weight excluding hydrogens is 292 g/mol. The van der Waals surface area contributed by atoms with E-state index >= 15 is 0 Å². The molecule has 1 aliphatic heterocycles. The Balaban J connectivity index is 2.40. The molecule has 3 rings (SSSR count). The van der Waals surface area contributed by atoms with Gasteiger partial charge < -0.3 is 10.1 Å². The van der Waals surface area contributed by atoms with Gasteiger partial charge in [-0.05, 0) is 24.6 Å². The summed E-state index contributed by atoms with van der Waals surface area (Å²) in [5.41, 5.74) is 5.81. The minimum Gasteiger partial charge on any atom is -0.387 e. The van der Waals surface area contributed by atoms with Crippen LogP contribution in [0.3, 0.4) is 0 Å². The number of nitrogens with one attached hydrogen (secondary N) is 1. The predicted octanol–water partition coefficient (Wildman–Crippen LogP) is 3.42. The molecule has 0 unspecified atom stereocenters. The van der Waals surface area contributed by atoms with Crippen molar-refractivity contribution >= 4 is 32.5 Å². The number of aromatic nitrogens is 1. The van der Waals surface area contributed by atoms with Crippen molar-refractivity contribution in [3.05, 3.63) is 33.4 Å². The zero-order valence-corrected chi connectivity index (χ0v) is 12.1. The number of hydrogen-bond acceptors (Lipinski definition) is 3. The standard InChI is InChI=1S/C14H15BrN2O/c1-8-5-9(15)6-10-13(8)17-12-3-4-18-7-11(12)14(10)16-2/h5-6H,3-4,7H2,1-2H3,(H,16,17). The Kier molecular flexibility index (Phi) is 2.99. The average molecular weight is 307 g/mol. The smallest absolute Gasteiger partial charge is 0.0756 e. The van der Waals surface area contributed by atoms with Crippen LogP contribution in [0, 0.1) is 6.92 Å². The third kappa shape index (κ3) is 1.80. The Labute approximate surface area is 115 Å². The molecule has 1 aliphatic rings. The van der Waals surface area contributed by atoms with E-state index in [1.807, 2.05) is 7.05 Å². The summed E-state index contributed by atoms with van der Waals surface area (Å²) in [5.74, 6) is 0. The molecule has 0 spiro atoms. The third-order valence-electron chi connectivity index (χ3n) is 3.41. The average Bonchev–Trinajstić information content (AvgIpc) is 2.36. The van der Waals surface area contributed by atoms with Gasteiger partial charge in [0.15, 0.2) is 0 Å². The van der Waals surface area contributed by atoms with Crippen LogP contribution in [0.15, 0.2) is 16.6 Å². The summed E-state index contributed by atoms with van der Waals surface area (Å²) in [6.07, 6.45) is 0.898. The van der Waals surface area contributed by atoms with Crippen molar-refractivity contribution < 1.29 is 4.74 Å². The summed E-state index contributed by atoms with van der Waals surface area (Å²) < 4.78 is 6.64. The van der Waals surface area contributed by atoms with Gasteiger partial charge in [0.05, 0.1) is 30.1 Å². The Morgan fingerprint density at radius 1 is 1.39 bits per heavy atom. The van der Waals surface area contributed by atoms with Gasteiger partial charge in [0.2, 0.25) is 0 Å². The first-order valence-electron chi connectivity index (χ1n) is 6.08. The molecule has 1 aromatic carbocycles. The van der Waals surface area contributed by atoms with E-state index in [4.69, 9.17) is 9.72 Å². The fourth-order valence-corrected chi connectivity index (χ4v) is 3.15. The summed E-state index contributed by atoms with van der Waals surface area (Å²) in [5, 5.41) is 4.47. The fourth-order valence-electron chi connectivity index (χ4n) is 2.57. The van der Waals surface area contributed by atoms with Gasteiger partial charge in [0, 0.05) is 28.9 Å². The molecule has 0 aliphatic carbocycles. The topological polar surface area (TPSA) is 34.2 Å². The Morgan fingerprint density at radius 3 is 3.00 bits per heavy atom. The summed E-state index contributed by atoms with van der Waals surface area (Å²) in [7, 11) is 1.96. The minimum atomic E-state index is 0.653. The van der Waals surface area contributed by atoms with Gasteiger partial charge in [-0.25, -0.2) is 0 Å². The van der Waals surface area contributed by atoms with Crippen LogP contribution in [0.2, 0.25) is 0 Å². The van der Waals surface area contributed by atoms with Crippen LogP contribution < -0.4 is 5.32 Å². The second kappa shape index (κ2) is 4.52. The summed E-state index contributed by atoms with van der Waals surface area (Å²) >= 11 is 3.56. The first-order chi connectivity index (χ1) is 8.70. The van der Waals surface area contributed by atoms with Crippen LogP contribution >= 0.6 is 15.9 Å². The predicted molar refractivity (Wildman–Crippen MR) is 77.1 cm³/mol. The number of anilines is 1. The first kappa shape index (κ1) is 11.9. The lowest BCUT2D eigenvalue weighted by atomic mass is 10.0. The van der Waals surface area contributed by atoms with Crippen LogP contribution in [0.1, 0.15) is 16.8 Å². The van der Waals surface area contributed by atoms with Crippen molar-refractivity contribution in [2.75, 3.05) is 19.0 Å². The maximum atomic E-state index is 5.56. The molecule has 2 aromatic rings. The number of hydrogen-bond donors (Lipinski definition) is 1. The molecule has 0 bridgehead atoms. The highest BCUT2D eigenvalue weighted by atomic mass is 79.9. The van der Waals surface area contributed by atoms with Gasteiger partial charge in [0.25, 0.3) is 0 Å². The molecule has 0 amide bonds. The maximum absolute atomic E-state index is 5.56. The lowest BCUT2D eigenvalue weighted by Crippen LogP contribution is -2.14. The molecule has 3 nitrogen and oxygen atoms in total. The molecule has 0 saturated heterocycles. The van der Waals surface area contributed by atoms with Gasteiger partial charge in [-0.3, -0.25) is 4.98 Å². The normalized spacial score (nSPS) is 14.6. The van der Waals surface area contributed by atoms with Crippen molar-refractivity contribution in [3.63, 3.8) is 0 Å². The number of aryl methyl sites for hydroxylation is 1. The van der Waals surface area contributed by atoms with Crippen molar-refractivity contribution in [1.29, 1.82) is 0 Å². The molecule has 0 saturated carbocycles. The van der Waals surface area contributed by atoms with Crippen LogP contribution in [0.4, 0.5) is 5.69 Å². The van der Waals surface area contributed by atoms with E-state index in [1.54, 1.807) is 0 Å². The lowest BCUT2D eigenvalue weighted by Gasteiger charge is -2.21. The molecule has 4 heteroatoms. The number of fused-ring (bicyclic) bond motifs is 2. The third-order valence-corrected chi connectivity index (χ3v) is 3.87. The van der Waals surface area contributed by atoms with Crippen molar-refractivity contribution in [1.82, 2.24) is 4.98 Å². The number of benzene rings is 1. The Morgan fingerprint density at radius 2 is 2.22 bits per heavy atom. The first-order valence-corrected chi connectivity index (χ1v) is 6.87. The highest BCUT2D eigenvalue weighted by Gasteiger charge is 2.18. The van der Waals surface area contributed by atoms with Crippen molar-refractivity contribution in [2.24, 2.45) is 0 Å². The SMILES string of the molecule is CNc1c2c(nc3c(C)cc(Br)cc13)CCOC2. The van der Waals surface area contributed by atoms with E-state index in [9.17, 15) is 0 Å². The Bertz CT molecular complexity index is 625. The number of halogens is 1. The monoisotopic (exact) mass is 306 g/mol. The molecule has 0 fully saturated rings. The van der Waals surface area contributed by atoms with Crippen LogP contribution in [0.25, 0.3) is 10.9 Å². The van der Waals surface area contributed by atoms with Gasteiger partial charge in [0.1, 0.15) is 0 Å². The van der Waals surface area contributed by atoms with E-state index in [2.05, 4.69) is 40.3 Å². The van der Waals surface area contributed by atoms with Crippen molar-refractivity contribution in [3.8, 4) is 0 Å². The summed E-state index contributed by atoms with van der Waals surface area (Å²) in [6, 6.07) is 4.23. The fraction of sp³-hybridized carbons (Fsp3) is 0.357. The van der Waals surface area contributed by atoms with E-state index < -0.39 is 0 Å². The summed E-state index contributed by atoms with van der Waals surface area (Å²) in [4.78, 5) is 4.82. The molecule has 94 valence electrons. The zero-order valence-electron chi connectivity index (χ0n) is 10.5. The maximum Gasteiger partial charge on any atom is 0.0756 e. The Hall–Kier alpha value is -1.13. The van der Waals surface area contributed by atoms with Gasteiger partial charge in [-0.1, -0.05) is 15.9 Å². The van der Waals surface area contributed by atoms with E-state index in [1.165, 1.54) is 16.8 Å². The van der Waals surface area contributed by atoms with E-state index in [-0.39, 0.29) is 0 Å². The van der Waals surface area contributed by atoms with Crippen LogP contribution in [0.5, 0.6) is 0 Å². The highest BCUT2D eigenvalue weighted by Crippen LogP contribution is 2.34. The zero-order chi connectivity index (χ0) is 12.7. The van der Waals surface area contributed by atoms with Gasteiger partial charge >= 0.3 is 0 Å². The van der Waals surface area contributed by atoms with Gasteiger partial charge in [-0.2, -0.15) is 0 Å². The van der Waals surface area contributed by atoms with E-state index in [0.717, 1.165) is 34.1 Å². The van der Waals surface area contributed by atoms with Gasteiger partial charge in [-0.15, -0.1) is 0 Å². The number of pyridine rings is 1. The number of ether oxygens (including phenoxy) is 1. The second-order valence-electron chi connectivity index (χ2n) is 4.58. The molecule has 18 heavy (non-hydrogen) atoms. The molecule has 1 aromatic heterocycles. The minimum absolute atomic E-state index is 0.653. The molecule has 1 N–H and O–H groups in total. The second-order valence-corrected chi connectivity index (χ2v) is 5.50. The number of nitrogens with zero attached hydrogens (tertiary/aromatic N) is 1. The molecule has 0 radical (unpaired) electrons. The van der Waals surface area contributed by atoms with Crippen molar-refractivity contribution in [2.45, 2.75) is 20.0 Å². The summed E-state index contributed by atoms with van der Waals surface area (Å²) in [6.45, 7) is 3.52.